The van der Waals surface area contributed by atoms with Crippen LogP contribution in [0.3, 0.4) is 0 Å². The van der Waals surface area contributed by atoms with Crippen LogP contribution in [0.2, 0.25) is 0 Å². The Balaban J connectivity index is 5.28. The summed E-state index contributed by atoms with van der Waals surface area (Å²) in [4.78, 5) is 48.8. The molecule has 174 valence electrons. The van der Waals surface area contributed by atoms with Crippen molar-refractivity contribution in [2.24, 2.45) is 23.5 Å². The zero-order valence-electron chi connectivity index (χ0n) is 18.8. The maximum atomic E-state index is 12.7. The highest BCUT2D eigenvalue weighted by Gasteiger charge is 2.31. The molecule has 7 N–H and O–H groups in total. The van der Waals surface area contributed by atoms with E-state index < -0.39 is 60.4 Å². The van der Waals surface area contributed by atoms with Crippen molar-refractivity contribution in [1.82, 2.24) is 16.0 Å². The van der Waals surface area contributed by atoms with Gasteiger partial charge in [-0.05, 0) is 24.2 Å². The first-order valence-electron chi connectivity index (χ1n) is 10.4. The molecule has 5 unspecified atom stereocenters. The van der Waals surface area contributed by atoms with E-state index in [4.69, 9.17) is 5.73 Å². The van der Waals surface area contributed by atoms with E-state index in [1.165, 1.54) is 0 Å². The Morgan fingerprint density at radius 1 is 0.867 bits per heavy atom. The number of carbonyl (C=O) groups is 4. The van der Waals surface area contributed by atoms with Crippen LogP contribution in [0.4, 0.5) is 0 Å². The first-order valence-corrected chi connectivity index (χ1v) is 10.4. The Hall–Kier alpha value is -2.20. The SMILES string of the molecule is CCC(C)C(N)C(=O)NC(CC(C)C)C(=O)NC(CO)C(=O)NC(C(=O)O)C(C)C. The van der Waals surface area contributed by atoms with Gasteiger partial charge in [0, 0.05) is 0 Å². The summed E-state index contributed by atoms with van der Waals surface area (Å²) in [6.45, 7) is 10.0. The maximum Gasteiger partial charge on any atom is 0.326 e. The van der Waals surface area contributed by atoms with Gasteiger partial charge in [-0.25, -0.2) is 4.79 Å². The van der Waals surface area contributed by atoms with Crippen molar-refractivity contribution < 1.29 is 29.4 Å². The molecule has 10 nitrogen and oxygen atoms in total. The van der Waals surface area contributed by atoms with Gasteiger partial charge in [-0.2, -0.15) is 0 Å². The van der Waals surface area contributed by atoms with Crippen LogP contribution in [-0.2, 0) is 19.2 Å². The van der Waals surface area contributed by atoms with E-state index in [2.05, 4.69) is 16.0 Å². The molecule has 30 heavy (non-hydrogen) atoms. The molecule has 0 aliphatic heterocycles. The summed E-state index contributed by atoms with van der Waals surface area (Å²) in [5, 5.41) is 26.1. The summed E-state index contributed by atoms with van der Waals surface area (Å²) in [6, 6.07) is -4.25. The molecule has 0 saturated carbocycles. The molecule has 5 atom stereocenters. The number of aliphatic hydroxyl groups is 1. The number of nitrogens with two attached hydrogens (primary N) is 1. The van der Waals surface area contributed by atoms with Gasteiger partial charge in [0.25, 0.3) is 0 Å². The third-order valence-electron chi connectivity index (χ3n) is 4.95. The average molecular weight is 431 g/mol. The highest BCUT2D eigenvalue weighted by atomic mass is 16.4. The number of aliphatic carboxylic acids is 1. The minimum atomic E-state index is -1.35. The maximum absolute atomic E-state index is 12.7. The predicted octanol–water partition coefficient (Wildman–Crippen LogP) is -0.407. The van der Waals surface area contributed by atoms with E-state index in [0.717, 1.165) is 0 Å². The average Bonchev–Trinajstić information content (AvgIpc) is 2.66. The lowest BCUT2D eigenvalue weighted by atomic mass is 9.97. The lowest BCUT2D eigenvalue weighted by molar-refractivity contribution is -0.143. The van der Waals surface area contributed by atoms with E-state index in [0.29, 0.717) is 12.8 Å². The first kappa shape index (κ1) is 27.8. The molecule has 10 heteroatoms. The number of hydrogen-bond acceptors (Lipinski definition) is 6. The van der Waals surface area contributed by atoms with Crippen LogP contribution < -0.4 is 21.7 Å². The molecule has 0 aliphatic rings. The zero-order valence-corrected chi connectivity index (χ0v) is 18.8. The van der Waals surface area contributed by atoms with Crippen LogP contribution in [0, 0.1) is 17.8 Å². The first-order chi connectivity index (χ1) is 13.8. The molecule has 0 aromatic carbocycles. The molecule has 0 rings (SSSR count). The number of nitrogens with one attached hydrogen (secondary N) is 3. The van der Waals surface area contributed by atoms with Crippen LogP contribution in [0.15, 0.2) is 0 Å². The Morgan fingerprint density at radius 2 is 1.37 bits per heavy atom. The standard InChI is InChI=1S/C20H38N4O6/c1-7-12(6)15(21)19(28)22-13(8-10(2)3)17(26)23-14(9-25)18(27)24-16(11(4)5)20(29)30/h10-16,25H,7-9,21H2,1-6H3,(H,22,28)(H,23,26)(H,24,27)(H,29,30). The highest BCUT2D eigenvalue weighted by Crippen LogP contribution is 2.09. The molecule has 0 heterocycles. The third-order valence-corrected chi connectivity index (χ3v) is 4.95. The van der Waals surface area contributed by atoms with Gasteiger partial charge >= 0.3 is 5.97 Å². The zero-order chi connectivity index (χ0) is 23.6. The number of carboxylic acids is 1. The largest absolute Gasteiger partial charge is 0.480 e. The number of hydrogen-bond donors (Lipinski definition) is 6. The Kier molecular flexibility index (Phi) is 12.2. The van der Waals surface area contributed by atoms with Crippen molar-refractivity contribution in [2.45, 2.75) is 78.6 Å². The second kappa shape index (κ2) is 13.2. The Labute approximate surface area is 178 Å². The molecule has 0 fully saturated rings. The minimum Gasteiger partial charge on any atom is -0.480 e. The van der Waals surface area contributed by atoms with Crippen LogP contribution in [0.1, 0.15) is 54.4 Å². The summed E-state index contributed by atoms with van der Waals surface area (Å²) >= 11 is 0. The summed E-state index contributed by atoms with van der Waals surface area (Å²) in [7, 11) is 0. The number of amides is 3. The van der Waals surface area contributed by atoms with Gasteiger partial charge in [0.2, 0.25) is 17.7 Å². The quantitative estimate of drug-likeness (QED) is 0.231. The molecule has 0 aliphatic carbocycles. The van der Waals surface area contributed by atoms with E-state index in [1.54, 1.807) is 13.8 Å². The lowest BCUT2D eigenvalue weighted by Crippen LogP contribution is -2.59. The van der Waals surface area contributed by atoms with Gasteiger partial charge in [0.15, 0.2) is 0 Å². The molecule has 0 bridgehead atoms. The predicted molar refractivity (Wildman–Crippen MR) is 112 cm³/mol. The number of carboxylic acid groups (broad SMARTS) is 1. The number of aliphatic hydroxyl groups excluding tert-OH is 1. The monoisotopic (exact) mass is 430 g/mol. The molecule has 0 aromatic heterocycles. The van der Waals surface area contributed by atoms with Gasteiger partial charge in [-0.1, -0.05) is 48.0 Å². The van der Waals surface area contributed by atoms with Gasteiger partial charge < -0.3 is 31.9 Å². The van der Waals surface area contributed by atoms with Crippen molar-refractivity contribution in [3.63, 3.8) is 0 Å². The molecule has 0 saturated heterocycles. The highest BCUT2D eigenvalue weighted by molar-refractivity contribution is 5.94. The topological polar surface area (TPSA) is 171 Å². The lowest BCUT2D eigenvalue weighted by Gasteiger charge is -2.26. The molecular formula is C20H38N4O6. The summed E-state index contributed by atoms with van der Waals surface area (Å²) in [5.74, 6) is -3.58. The van der Waals surface area contributed by atoms with E-state index in [-0.39, 0.29) is 11.8 Å². The van der Waals surface area contributed by atoms with Crippen LogP contribution in [0.5, 0.6) is 0 Å². The van der Waals surface area contributed by atoms with E-state index >= 15 is 0 Å². The third kappa shape index (κ3) is 9.08. The van der Waals surface area contributed by atoms with E-state index in [9.17, 15) is 29.4 Å². The normalized spacial score (nSPS) is 16.3. The molecular weight excluding hydrogens is 392 g/mol. The fraction of sp³-hybridized carbons (Fsp3) is 0.800. The van der Waals surface area contributed by atoms with Crippen LogP contribution in [-0.4, -0.2) is 64.7 Å². The number of rotatable bonds is 13. The molecule has 0 aromatic rings. The van der Waals surface area contributed by atoms with Crippen molar-refractivity contribution >= 4 is 23.7 Å². The molecule has 3 amide bonds. The molecule has 0 spiro atoms. The summed E-state index contributed by atoms with van der Waals surface area (Å²) < 4.78 is 0. The van der Waals surface area contributed by atoms with Crippen LogP contribution in [0.25, 0.3) is 0 Å². The second-order valence-corrected chi connectivity index (χ2v) is 8.41. The Bertz CT molecular complexity index is 596. The molecule has 0 radical (unpaired) electrons. The fourth-order valence-electron chi connectivity index (χ4n) is 2.72. The summed E-state index contributed by atoms with van der Waals surface area (Å²) in [5.41, 5.74) is 5.93. The smallest absolute Gasteiger partial charge is 0.326 e. The van der Waals surface area contributed by atoms with Crippen LogP contribution >= 0.6 is 0 Å². The van der Waals surface area contributed by atoms with Gasteiger partial charge in [0.1, 0.15) is 18.1 Å². The van der Waals surface area contributed by atoms with Gasteiger partial charge in [0.05, 0.1) is 12.6 Å². The van der Waals surface area contributed by atoms with Crippen molar-refractivity contribution in [2.75, 3.05) is 6.61 Å². The van der Waals surface area contributed by atoms with Crippen molar-refractivity contribution in [3.8, 4) is 0 Å². The van der Waals surface area contributed by atoms with E-state index in [1.807, 2.05) is 27.7 Å². The number of carbonyl (C=O) groups excluding carboxylic acids is 3. The van der Waals surface area contributed by atoms with Crippen molar-refractivity contribution in [1.29, 1.82) is 0 Å². The Morgan fingerprint density at radius 3 is 1.77 bits per heavy atom. The van der Waals surface area contributed by atoms with Gasteiger partial charge in [-0.15, -0.1) is 0 Å². The minimum absolute atomic E-state index is 0.0552. The summed E-state index contributed by atoms with van der Waals surface area (Å²) in [6.07, 6.45) is 0.997. The van der Waals surface area contributed by atoms with Gasteiger partial charge in [-0.3, -0.25) is 14.4 Å². The van der Waals surface area contributed by atoms with Crippen molar-refractivity contribution in [3.05, 3.63) is 0 Å². The fourth-order valence-corrected chi connectivity index (χ4v) is 2.72. The second-order valence-electron chi connectivity index (χ2n) is 8.41.